The first kappa shape index (κ1) is 10.9. The second kappa shape index (κ2) is 4.49. The summed E-state index contributed by atoms with van der Waals surface area (Å²) in [4.78, 5) is 3.85. The number of hydrogen-bond donors (Lipinski definition) is 2. The normalized spacial score (nSPS) is 9.65. The molecule has 17 heavy (non-hydrogen) atoms. The summed E-state index contributed by atoms with van der Waals surface area (Å²) in [7, 11) is 0. The highest BCUT2D eigenvalue weighted by molar-refractivity contribution is 5.67. The van der Waals surface area contributed by atoms with Crippen LogP contribution in [0.25, 0.3) is 0 Å². The van der Waals surface area contributed by atoms with Gasteiger partial charge in [0.15, 0.2) is 0 Å². The molecule has 0 saturated heterocycles. The summed E-state index contributed by atoms with van der Waals surface area (Å²) >= 11 is 0. The number of benzene rings is 1. The molecule has 0 fully saturated rings. The van der Waals surface area contributed by atoms with Crippen molar-refractivity contribution in [2.24, 2.45) is 0 Å². The molecule has 0 aliphatic heterocycles. The highest BCUT2D eigenvalue weighted by Crippen LogP contribution is 2.21. The van der Waals surface area contributed by atoms with E-state index in [2.05, 4.69) is 10.3 Å². The third kappa shape index (κ3) is 2.49. The lowest BCUT2D eigenvalue weighted by Gasteiger charge is -2.08. The molecule has 3 N–H and O–H groups in total. The summed E-state index contributed by atoms with van der Waals surface area (Å²) in [5, 5.41) is 11.9. The Labute approximate surface area is 97.5 Å². The van der Waals surface area contributed by atoms with Crippen molar-refractivity contribution in [1.29, 1.82) is 5.26 Å². The molecule has 0 bridgehead atoms. The number of nitrogens with one attached hydrogen (secondary N) is 1. The van der Waals surface area contributed by atoms with Gasteiger partial charge in [-0.05, 0) is 24.3 Å². The zero-order chi connectivity index (χ0) is 12.3. The van der Waals surface area contributed by atoms with Crippen LogP contribution in [0.5, 0.6) is 0 Å². The lowest BCUT2D eigenvalue weighted by molar-refractivity contribution is 0.627. The Kier molecular flexibility index (Phi) is 2.88. The average molecular weight is 228 g/mol. The van der Waals surface area contributed by atoms with Crippen molar-refractivity contribution in [2.75, 3.05) is 11.1 Å². The average Bonchev–Trinajstić information content (AvgIpc) is 2.31. The van der Waals surface area contributed by atoms with Gasteiger partial charge < -0.3 is 11.1 Å². The number of aromatic nitrogens is 1. The predicted octanol–water partition coefficient (Wildman–Crippen LogP) is 2.42. The summed E-state index contributed by atoms with van der Waals surface area (Å²) in [6, 6.07) is 9.22. The predicted molar refractivity (Wildman–Crippen MR) is 63.0 cm³/mol. The van der Waals surface area contributed by atoms with Crippen molar-refractivity contribution >= 4 is 17.2 Å². The molecule has 1 aromatic heterocycles. The monoisotopic (exact) mass is 228 g/mol. The fourth-order valence-electron chi connectivity index (χ4n) is 1.40. The van der Waals surface area contributed by atoms with Gasteiger partial charge in [-0.2, -0.15) is 5.26 Å². The Hall–Kier alpha value is -2.61. The number of halogens is 1. The number of nitrogen functional groups attached to an aromatic ring is 1. The fraction of sp³-hybridized carbons (Fsp3) is 0. The summed E-state index contributed by atoms with van der Waals surface area (Å²) in [5.74, 6) is -0.0723. The van der Waals surface area contributed by atoms with Gasteiger partial charge in [0, 0.05) is 18.0 Å². The van der Waals surface area contributed by atoms with E-state index in [0.29, 0.717) is 17.2 Å². The van der Waals surface area contributed by atoms with Crippen LogP contribution in [0.15, 0.2) is 36.5 Å². The van der Waals surface area contributed by atoms with E-state index in [0.717, 1.165) is 0 Å². The van der Waals surface area contributed by atoms with Crippen LogP contribution in [-0.2, 0) is 0 Å². The first-order chi connectivity index (χ1) is 8.19. The number of pyridine rings is 1. The van der Waals surface area contributed by atoms with Crippen molar-refractivity contribution in [2.45, 2.75) is 0 Å². The summed E-state index contributed by atoms with van der Waals surface area (Å²) in [6.07, 6.45) is 1.55. The van der Waals surface area contributed by atoms with Crippen molar-refractivity contribution in [3.05, 3.63) is 47.9 Å². The fourth-order valence-corrected chi connectivity index (χ4v) is 1.40. The topological polar surface area (TPSA) is 74.7 Å². The van der Waals surface area contributed by atoms with Gasteiger partial charge in [-0.3, -0.25) is 0 Å². The van der Waals surface area contributed by atoms with E-state index in [-0.39, 0.29) is 5.56 Å². The van der Waals surface area contributed by atoms with Crippen LogP contribution in [0.1, 0.15) is 5.56 Å². The van der Waals surface area contributed by atoms with Gasteiger partial charge in [0.25, 0.3) is 0 Å². The molecule has 0 aliphatic carbocycles. The molecule has 84 valence electrons. The number of rotatable bonds is 2. The Balaban J connectivity index is 2.34. The second-order valence-corrected chi connectivity index (χ2v) is 3.40. The quantitative estimate of drug-likeness (QED) is 0.827. The Morgan fingerprint density at radius 2 is 2.12 bits per heavy atom. The van der Waals surface area contributed by atoms with Gasteiger partial charge >= 0.3 is 0 Å². The van der Waals surface area contributed by atoms with Gasteiger partial charge in [-0.15, -0.1) is 0 Å². The molecule has 0 radical (unpaired) electrons. The molecule has 0 unspecified atom stereocenters. The highest BCUT2D eigenvalue weighted by atomic mass is 19.1. The third-order valence-corrected chi connectivity index (χ3v) is 2.16. The molecule has 5 heteroatoms. The van der Waals surface area contributed by atoms with Gasteiger partial charge in [0.2, 0.25) is 0 Å². The van der Waals surface area contributed by atoms with E-state index in [1.54, 1.807) is 18.3 Å². The smallest absolute Gasteiger partial charge is 0.125 e. The van der Waals surface area contributed by atoms with E-state index in [1.165, 1.54) is 18.2 Å². The summed E-state index contributed by atoms with van der Waals surface area (Å²) < 4.78 is 12.9. The zero-order valence-corrected chi connectivity index (χ0v) is 8.81. The van der Waals surface area contributed by atoms with Crippen molar-refractivity contribution < 1.29 is 4.39 Å². The van der Waals surface area contributed by atoms with Crippen molar-refractivity contribution in [3.8, 4) is 6.07 Å². The second-order valence-electron chi connectivity index (χ2n) is 3.40. The number of hydrogen-bond acceptors (Lipinski definition) is 4. The SMILES string of the molecule is N#Cc1cc(F)ccc1Nc1ccnc(N)c1. The Morgan fingerprint density at radius 1 is 1.29 bits per heavy atom. The van der Waals surface area contributed by atoms with Gasteiger partial charge in [0.05, 0.1) is 11.3 Å². The first-order valence-electron chi connectivity index (χ1n) is 4.87. The van der Waals surface area contributed by atoms with Gasteiger partial charge in [-0.25, -0.2) is 9.37 Å². The molecule has 0 spiro atoms. The van der Waals surface area contributed by atoms with E-state index < -0.39 is 5.82 Å². The minimum absolute atomic E-state index is 0.236. The lowest BCUT2D eigenvalue weighted by Crippen LogP contribution is -1.96. The van der Waals surface area contributed by atoms with Crippen LogP contribution in [0.2, 0.25) is 0 Å². The molecule has 0 saturated carbocycles. The molecule has 1 heterocycles. The maximum atomic E-state index is 12.9. The maximum Gasteiger partial charge on any atom is 0.125 e. The highest BCUT2D eigenvalue weighted by Gasteiger charge is 2.04. The van der Waals surface area contributed by atoms with Crippen LogP contribution >= 0.6 is 0 Å². The van der Waals surface area contributed by atoms with Gasteiger partial charge in [0.1, 0.15) is 17.7 Å². The van der Waals surface area contributed by atoms with Crippen LogP contribution in [-0.4, -0.2) is 4.98 Å². The Bertz CT molecular complexity index is 589. The van der Waals surface area contributed by atoms with Crippen molar-refractivity contribution in [3.63, 3.8) is 0 Å². The number of nitrogens with two attached hydrogens (primary N) is 1. The van der Waals surface area contributed by atoms with Crippen LogP contribution in [0.4, 0.5) is 21.6 Å². The van der Waals surface area contributed by atoms with E-state index >= 15 is 0 Å². The Morgan fingerprint density at radius 3 is 2.82 bits per heavy atom. The van der Waals surface area contributed by atoms with E-state index in [1.807, 2.05) is 6.07 Å². The van der Waals surface area contributed by atoms with Crippen LogP contribution in [0, 0.1) is 17.1 Å². The summed E-state index contributed by atoms with van der Waals surface area (Å²) in [5.41, 5.74) is 6.99. The third-order valence-electron chi connectivity index (χ3n) is 2.16. The van der Waals surface area contributed by atoms with Crippen LogP contribution in [0.3, 0.4) is 0 Å². The minimum atomic E-state index is -0.443. The molecule has 0 aliphatic rings. The first-order valence-corrected chi connectivity index (χ1v) is 4.87. The number of nitrogens with zero attached hydrogens (tertiary/aromatic N) is 2. The van der Waals surface area contributed by atoms with Gasteiger partial charge in [-0.1, -0.05) is 0 Å². The molecule has 2 aromatic rings. The number of anilines is 3. The van der Waals surface area contributed by atoms with Crippen molar-refractivity contribution in [1.82, 2.24) is 4.98 Å². The van der Waals surface area contributed by atoms with Crippen LogP contribution < -0.4 is 11.1 Å². The largest absolute Gasteiger partial charge is 0.384 e. The minimum Gasteiger partial charge on any atom is -0.384 e. The molecule has 1 aromatic carbocycles. The zero-order valence-electron chi connectivity index (χ0n) is 8.81. The molecular formula is C12H9FN4. The molecular weight excluding hydrogens is 219 g/mol. The van der Waals surface area contributed by atoms with E-state index in [4.69, 9.17) is 11.0 Å². The molecule has 0 amide bonds. The lowest BCUT2D eigenvalue weighted by atomic mass is 10.2. The standard InChI is InChI=1S/C12H9FN4/c13-9-1-2-11(8(5-9)7-14)17-10-3-4-16-12(15)6-10/h1-6H,(H3,15,16,17). The molecule has 0 atom stereocenters. The van der Waals surface area contributed by atoms with E-state index in [9.17, 15) is 4.39 Å². The number of nitriles is 1. The molecule has 2 rings (SSSR count). The summed E-state index contributed by atoms with van der Waals surface area (Å²) in [6.45, 7) is 0. The maximum absolute atomic E-state index is 12.9. The molecule has 4 nitrogen and oxygen atoms in total.